The molecule has 3 heteroatoms. The summed E-state index contributed by atoms with van der Waals surface area (Å²) in [4.78, 5) is 12.8. The molecule has 0 aliphatic rings. The van der Waals surface area contributed by atoms with Crippen molar-refractivity contribution in [2.45, 2.75) is 11.8 Å². The predicted molar refractivity (Wildman–Crippen MR) is 59.2 cm³/mol. The molecule has 0 atom stereocenters. The Balaban J connectivity index is 2.93. The number of aldehydes is 1. The molecule has 1 aromatic carbocycles. The molecule has 2 aromatic rings. The van der Waals surface area contributed by atoms with E-state index in [4.69, 9.17) is 0 Å². The summed E-state index contributed by atoms with van der Waals surface area (Å²) in [7, 11) is 0. The van der Waals surface area contributed by atoms with Gasteiger partial charge in [-0.1, -0.05) is 12.1 Å². The van der Waals surface area contributed by atoms with E-state index in [1.807, 2.05) is 25.1 Å². The van der Waals surface area contributed by atoms with Gasteiger partial charge in [0, 0.05) is 25.4 Å². The topological polar surface area (TPSA) is 17.1 Å². The monoisotopic (exact) mass is 208 g/mol. The molecule has 0 unspecified atom stereocenters. The van der Waals surface area contributed by atoms with Crippen LogP contribution < -0.4 is 0 Å². The fourth-order valence-electron chi connectivity index (χ4n) is 1.39. The number of rotatable bonds is 1. The van der Waals surface area contributed by atoms with Crippen LogP contribution in [0.5, 0.6) is 0 Å². The standard InChI is InChI=1S/C10H8OS2/c1-6-8(5-11)7-3-2-4-9(12)10(7)13-6/h2-5,12H,1H3. The molecule has 0 N–H and O–H groups in total. The van der Waals surface area contributed by atoms with E-state index in [0.717, 1.165) is 31.7 Å². The summed E-state index contributed by atoms with van der Waals surface area (Å²) in [5.41, 5.74) is 0.802. The highest BCUT2D eigenvalue weighted by molar-refractivity contribution is 7.80. The summed E-state index contributed by atoms with van der Waals surface area (Å²) in [5, 5.41) is 1.02. The number of thiophene rings is 1. The van der Waals surface area contributed by atoms with E-state index >= 15 is 0 Å². The number of carbonyl (C=O) groups excluding carboxylic acids is 1. The van der Waals surface area contributed by atoms with Crippen molar-refractivity contribution in [3.8, 4) is 0 Å². The minimum Gasteiger partial charge on any atom is -0.298 e. The van der Waals surface area contributed by atoms with Crippen molar-refractivity contribution in [3.63, 3.8) is 0 Å². The third kappa shape index (κ3) is 1.28. The third-order valence-electron chi connectivity index (χ3n) is 2.04. The Hall–Kier alpha value is -0.800. The number of aryl methyl sites for hydroxylation is 1. The Kier molecular flexibility index (Phi) is 2.14. The quantitative estimate of drug-likeness (QED) is 0.562. The van der Waals surface area contributed by atoms with Crippen molar-refractivity contribution in [3.05, 3.63) is 28.6 Å². The molecule has 66 valence electrons. The molecule has 0 fully saturated rings. The van der Waals surface area contributed by atoms with Gasteiger partial charge < -0.3 is 0 Å². The summed E-state index contributed by atoms with van der Waals surface area (Å²) in [5.74, 6) is 0. The molecule has 1 aromatic heterocycles. The SMILES string of the molecule is Cc1sc2c(S)cccc2c1C=O. The molecule has 0 aliphatic heterocycles. The second kappa shape index (κ2) is 3.16. The number of thiol groups is 1. The van der Waals surface area contributed by atoms with Gasteiger partial charge in [0.25, 0.3) is 0 Å². The lowest BCUT2D eigenvalue weighted by molar-refractivity contribution is 0.112. The Bertz CT molecular complexity index is 471. The van der Waals surface area contributed by atoms with Crippen molar-refractivity contribution in [2.24, 2.45) is 0 Å². The van der Waals surface area contributed by atoms with E-state index in [-0.39, 0.29) is 0 Å². The van der Waals surface area contributed by atoms with Crippen molar-refractivity contribution in [1.82, 2.24) is 0 Å². The zero-order valence-corrected chi connectivity index (χ0v) is 8.78. The molecule has 13 heavy (non-hydrogen) atoms. The number of carbonyl (C=O) groups is 1. The van der Waals surface area contributed by atoms with E-state index in [9.17, 15) is 4.79 Å². The first-order chi connectivity index (χ1) is 6.24. The van der Waals surface area contributed by atoms with Gasteiger partial charge in [0.2, 0.25) is 0 Å². The van der Waals surface area contributed by atoms with Crippen LogP contribution in [-0.2, 0) is 0 Å². The minimum absolute atomic E-state index is 0.802. The van der Waals surface area contributed by atoms with Crippen LogP contribution in [0.2, 0.25) is 0 Å². The molecule has 0 amide bonds. The van der Waals surface area contributed by atoms with Gasteiger partial charge in [-0.25, -0.2) is 0 Å². The molecule has 1 heterocycles. The second-order valence-electron chi connectivity index (χ2n) is 2.84. The van der Waals surface area contributed by atoms with Crippen LogP contribution in [0.4, 0.5) is 0 Å². The van der Waals surface area contributed by atoms with Gasteiger partial charge in [0.05, 0.1) is 0 Å². The van der Waals surface area contributed by atoms with E-state index in [1.165, 1.54) is 0 Å². The summed E-state index contributed by atoms with van der Waals surface area (Å²) >= 11 is 5.97. The Morgan fingerprint density at radius 2 is 2.23 bits per heavy atom. The number of hydrogen-bond donors (Lipinski definition) is 1. The van der Waals surface area contributed by atoms with Crippen molar-refractivity contribution in [1.29, 1.82) is 0 Å². The fraction of sp³-hybridized carbons (Fsp3) is 0.100. The number of hydrogen-bond acceptors (Lipinski definition) is 3. The molecule has 0 aliphatic carbocycles. The van der Waals surface area contributed by atoms with Gasteiger partial charge in [-0.2, -0.15) is 0 Å². The lowest BCUT2D eigenvalue weighted by Crippen LogP contribution is -1.78. The molecule has 0 spiro atoms. The molecule has 0 saturated carbocycles. The van der Waals surface area contributed by atoms with Crippen molar-refractivity contribution >= 4 is 40.3 Å². The Labute approximate surface area is 85.8 Å². The third-order valence-corrected chi connectivity index (χ3v) is 3.73. The van der Waals surface area contributed by atoms with Crippen LogP contribution in [0, 0.1) is 6.92 Å². The summed E-state index contributed by atoms with van der Waals surface area (Å²) in [6, 6.07) is 5.82. The largest absolute Gasteiger partial charge is 0.298 e. The Morgan fingerprint density at radius 1 is 1.46 bits per heavy atom. The fourth-order valence-corrected chi connectivity index (χ4v) is 2.77. The van der Waals surface area contributed by atoms with Crippen LogP contribution in [0.15, 0.2) is 23.1 Å². The number of fused-ring (bicyclic) bond motifs is 1. The lowest BCUT2D eigenvalue weighted by Gasteiger charge is -1.92. The van der Waals surface area contributed by atoms with Crippen molar-refractivity contribution < 1.29 is 4.79 Å². The minimum atomic E-state index is 0.802. The number of benzene rings is 1. The van der Waals surface area contributed by atoms with Gasteiger partial charge in [0.1, 0.15) is 0 Å². The van der Waals surface area contributed by atoms with E-state index in [2.05, 4.69) is 12.6 Å². The summed E-state index contributed by atoms with van der Waals surface area (Å²) in [6.07, 6.45) is 0.918. The van der Waals surface area contributed by atoms with Gasteiger partial charge in [-0.3, -0.25) is 4.79 Å². The van der Waals surface area contributed by atoms with Crippen molar-refractivity contribution in [2.75, 3.05) is 0 Å². The zero-order chi connectivity index (χ0) is 9.42. The predicted octanol–water partition coefficient (Wildman–Crippen LogP) is 3.31. The lowest BCUT2D eigenvalue weighted by atomic mass is 10.1. The van der Waals surface area contributed by atoms with Gasteiger partial charge in [-0.15, -0.1) is 24.0 Å². The highest BCUT2D eigenvalue weighted by Gasteiger charge is 2.08. The normalized spacial score (nSPS) is 10.6. The molecular weight excluding hydrogens is 200 g/mol. The van der Waals surface area contributed by atoms with Crippen LogP contribution in [0.25, 0.3) is 10.1 Å². The van der Waals surface area contributed by atoms with Gasteiger partial charge >= 0.3 is 0 Å². The highest BCUT2D eigenvalue weighted by atomic mass is 32.1. The summed E-state index contributed by atoms with van der Waals surface area (Å²) in [6.45, 7) is 1.96. The van der Waals surface area contributed by atoms with Crippen LogP contribution >= 0.6 is 24.0 Å². The maximum Gasteiger partial charge on any atom is 0.151 e. The first kappa shape index (κ1) is 8.78. The van der Waals surface area contributed by atoms with E-state index < -0.39 is 0 Å². The molecule has 0 saturated heterocycles. The molecule has 1 nitrogen and oxygen atoms in total. The highest BCUT2D eigenvalue weighted by Crippen LogP contribution is 2.33. The zero-order valence-electron chi connectivity index (χ0n) is 7.07. The molecule has 0 bridgehead atoms. The van der Waals surface area contributed by atoms with Crippen LogP contribution in [0.1, 0.15) is 15.2 Å². The van der Waals surface area contributed by atoms with Gasteiger partial charge in [-0.05, 0) is 13.0 Å². The van der Waals surface area contributed by atoms with Crippen LogP contribution in [0.3, 0.4) is 0 Å². The molecule has 2 rings (SSSR count). The summed E-state index contributed by atoms with van der Waals surface area (Å²) < 4.78 is 1.10. The second-order valence-corrected chi connectivity index (χ2v) is 4.55. The molecular formula is C10H8OS2. The van der Waals surface area contributed by atoms with E-state index in [1.54, 1.807) is 11.3 Å². The molecule has 0 radical (unpaired) electrons. The maximum atomic E-state index is 10.8. The average Bonchev–Trinajstić information content (AvgIpc) is 2.43. The van der Waals surface area contributed by atoms with E-state index in [0.29, 0.717) is 0 Å². The maximum absolute atomic E-state index is 10.8. The van der Waals surface area contributed by atoms with Crippen LogP contribution in [-0.4, -0.2) is 6.29 Å². The first-order valence-electron chi connectivity index (χ1n) is 3.90. The average molecular weight is 208 g/mol. The van der Waals surface area contributed by atoms with Gasteiger partial charge in [0.15, 0.2) is 6.29 Å². The smallest absolute Gasteiger partial charge is 0.151 e. The Morgan fingerprint density at radius 3 is 2.92 bits per heavy atom. The first-order valence-corrected chi connectivity index (χ1v) is 5.16.